The molecule has 0 heterocycles. The summed E-state index contributed by atoms with van der Waals surface area (Å²) >= 11 is 0. The summed E-state index contributed by atoms with van der Waals surface area (Å²) in [5.41, 5.74) is 0. The van der Waals surface area contributed by atoms with E-state index in [0.29, 0.717) is 0 Å². The molecule has 7 atom stereocenters. The summed E-state index contributed by atoms with van der Waals surface area (Å²) in [5, 5.41) is 0. The van der Waals surface area contributed by atoms with Crippen LogP contribution in [0, 0.1) is 41.4 Å². The molecule has 0 amide bonds. The number of hydrogen-bond donors (Lipinski definition) is 0. The predicted molar refractivity (Wildman–Crippen MR) is 91.9 cm³/mol. The van der Waals surface area contributed by atoms with E-state index in [0.717, 1.165) is 41.4 Å². The second kappa shape index (κ2) is 8.44. The molecule has 2 saturated carbocycles. The maximum Gasteiger partial charge on any atom is -0.0352 e. The van der Waals surface area contributed by atoms with Gasteiger partial charge in [0.1, 0.15) is 0 Å². The Labute approximate surface area is 129 Å². The van der Waals surface area contributed by atoms with Crippen LogP contribution in [0.15, 0.2) is 0 Å². The summed E-state index contributed by atoms with van der Waals surface area (Å²) in [4.78, 5) is 0. The first-order valence-corrected chi connectivity index (χ1v) is 9.56. The normalized spacial score (nSPS) is 44.9. The lowest BCUT2D eigenvalue weighted by molar-refractivity contribution is 0.0477. The van der Waals surface area contributed by atoms with Crippen LogP contribution in [-0.2, 0) is 0 Å². The third-order valence-electron chi connectivity index (χ3n) is 6.78. The highest BCUT2D eigenvalue weighted by Gasteiger charge is 2.42. The van der Waals surface area contributed by atoms with E-state index in [4.69, 9.17) is 0 Å². The maximum absolute atomic E-state index is 2.54. The molecule has 0 nitrogen and oxygen atoms in total. The highest BCUT2D eigenvalue weighted by molar-refractivity contribution is 4.92. The van der Waals surface area contributed by atoms with Gasteiger partial charge in [-0.2, -0.15) is 0 Å². The first kappa shape index (κ1) is 18.1. The van der Waals surface area contributed by atoms with Crippen molar-refractivity contribution < 1.29 is 0 Å². The minimum absolute atomic E-state index is 0.965. The molecular formula is C20H40. The standard InChI is InChI=1S/C18H34.C2H6/c1-6-7-16-14(4)13(3)9-11-18(16)17-10-8-12(2)15(17)5;1-2/h12-18H,6-11H2,1-5H3;1-2H3. The monoisotopic (exact) mass is 280 g/mol. The van der Waals surface area contributed by atoms with Gasteiger partial charge in [0.25, 0.3) is 0 Å². The molecule has 0 spiro atoms. The summed E-state index contributed by atoms with van der Waals surface area (Å²) in [5.74, 6) is 7.01. The van der Waals surface area contributed by atoms with Gasteiger partial charge in [0, 0.05) is 0 Å². The first-order valence-electron chi connectivity index (χ1n) is 9.56. The fraction of sp³-hybridized carbons (Fsp3) is 1.00. The SMILES string of the molecule is CC.CCCC1C(C)C(C)CCC1C1CCC(C)C1C. The Hall–Kier alpha value is 0. The molecule has 0 aromatic carbocycles. The summed E-state index contributed by atoms with van der Waals surface area (Å²) < 4.78 is 0. The predicted octanol–water partition coefficient (Wildman–Crippen LogP) is 6.79. The molecule has 0 aromatic rings. The van der Waals surface area contributed by atoms with E-state index >= 15 is 0 Å². The van der Waals surface area contributed by atoms with Crippen molar-refractivity contribution in [2.75, 3.05) is 0 Å². The second-order valence-electron chi connectivity index (χ2n) is 7.61. The van der Waals surface area contributed by atoms with Crippen LogP contribution in [0.3, 0.4) is 0 Å². The third kappa shape index (κ3) is 3.80. The molecule has 0 saturated heterocycles. The minimum atomic E-state index is 0.965. The van der Waals surface area contributed by atoms with Crippen molar-refractivity contribution in [2.45, 2.75) is 87.0 Å². The average Bonchev–Trinajstić information content (AvgIpc) is 2.78. The van der Waals surface area contributed by atoms with Gasteiger partial charge in [-0.15, -0.1) is 0 Å². The van der Waals surface area contributed by atoms with Gasteiger partial charge >= 0.3 is 0 Å². The van der Waals surface area contributed by atoms with Gasteiger partial charge < -0.3 is 0 Å². The molecule has 120 valence electrons. The van der Waals surface area contributed by atoms with Gasteiger partial charge in [-0.05, 0) is 54.3 Å². The van der Waals surface area contributed by atoms with Crippen LogP contribution < -0.4 is 0 Å². The average molecular weight is 281 g/mol. The van der Waals surface area contributed by atoms with Gasteiger partial charge in [-0.3, -0.25) is 0 Å². The molecule has 0 N–H and O–H groups in total. The summed E-state index contributed by atoms with van der Waals surface area (Å²) in [6.45, 7) is 16.4. The maximum atomic E-state index is 2.54. The zero-order chi connectivity index (χ0) is 15.3. The van der Waals surface area contributed by atoms with Crippen molar-refractivity contribution in [1.29, 1.82) is 0 Å². The molecule has 0 aliphatic heterocycles. The van der Waals surface area contributed by atoms with Crippen LogP contribution in [-0.4, -0.2) is 0 Å². The van der Waals surface area contributed by atoms with Gasteiger partial charge in [-0.1, -0.05) is 74.1 Å². The van der Waals surface area contributed by atoms with Crippen molar-refractivity contribution in [3.63, 3.8) is 0 Å². The third-order valence-corrected chi connectivity index (χ3v) is 6.78. The Morgan fingerprint density at radius 2 is 1.20 bits per heavy atom. The van der Waals surface area contributed by atoms with Gasteiger partial charge in [0.05, 0.1) is 0 Å². The molecular weight excluding hydrogens is 240 g/mol. The molecule has 7 unspecified atom stereocenters. The van der Waals surface area contributed by atoms with Crippen molar-refractivity contribution in [3.8, 4) is 0 Å². The quantitative estimate of drug-likeness (QED) is 0.533. The van der Waals surface area contributed by atoms with Crippen LogP contribution >= 0.6 is 0 Å². The van der Waals surface area contributed by atoms with E-state index in [1.54, 1.807) is 0 Å². The lowest BCUT2D eigenvalue weighted by Gasteiger charge is -2.44. The van der Waals surface area contributed by atoms with Crippen molar-refractivity contribution in [1.82, 2.24) is 0 Å². The van der Waals surface area contributed by atoms with E-state index in [9.17, 15) is 0 Å². The molecule has 2 rings (SSSR count). The largest absolute Gasteiger partial charge is 0.0683 e. The Morgan fingerprint density at radius 1 is 0.700 bits per heavy atom. The Kier molecular flexibility index (Phi) is 7.62. The fourth-order valence-electron chi connectivity index (χ4n) is 5.09. The van der Waals surface area contributed by atoms with Crippen LogP contribution in [0.25, 0.3) is 0 Å². The zero-order valence-corrected chi connectivity index (χ0v) is 15.3. The van der Waals surface area contributed by atoms with E-state index < -0.39 is 0 Å². The van der Waals surface area contributed by atoms with Crippen molar-refractivity contribution in [2.24, 2.45) is 41.4 Å². The molecule has 20 heavy (non-hydrogen) atoms. The Bertz CT molecular complexity index is 257. The lowest BCUT2D eigenvalue weighted by atomic mass is 9.61. The summed E-state index contributed by atoms with van der Waals surface area (Å²) in [7, 11) is 0. The molecule has 0 heteroatoms. The van der Waals surface area contributed by atoms with Crippen molar-refractivity contribution in [3.05, 3.63) is 0 Å². The first-order chi connectivity index (χ1) is 9.56. The Morgan fingerprint density at radius 3 is 1.70 bits per heavy atom. The highest BCUT2D eigenvalue weighted by Crippen LogP contribution is 2.51. The van der Waals surface area contributed by atoms with Gasteiger partial charge in [0.15, 0.2) is 0 Å². The van der Waals surface area contributed by atoms with Crippen LogP contribution in [0.2, 0.25) is 0 Å². The molecule has 2 aliphatic rings. The molecule has 0 aromatic heterocycles. The lowest BCUT2D eigenvalue weighted by Crippen LogP contribution is -2.37. The van der Waals surface area contributed by atoms with Crippen LogP contribution in [0.1, 0.15) is 87.0 Å². The van der Waals surface area contributed by atoms with Gasteiger partial charge in [0.2, 0.25) is 0 Å². The topological polar surface area (TPSA) is 0 Å². The summed E-state index contributed by atoms with van der Waals surface area (Å²) in [6.07, 6.45) is 8.89. The van der Waals surface area contributed by atoms with E-state index in [2.05, 4.69) is 34.6 Å². The Balaban J connectivity index is 0.000000956. The van der Waals surface area contributed by atoms with E-state index in [1.165, 1.54) is 38.5 Å². The minimum Gasteiger partial charge on any atom is -0.0683 e. The summed E-state index contributed by atoms with van der Waals surface area (Å²) in [6, 6.07) is 0. The molecule has 0 radical (unpaired) electrons. The molecule has 0 bridgehead atoms. The van der Waals surface area contributed by atoms with Crippen LogP contribution in [0.5, 0.6) is 0 Å². The fourth-order valence-corrected chi connectivity index (χ4v) is 5.09. The molecule has 2 aliphatic carbocycles. The molecule has 2 fully saturated rings. The smallest absolute Gasteiger partial charge is 0.0352 e. The van der Waals surface area contributed by atoms with E-state index in [-0.39, 0.29) is 0 Å². The van der Waals surface area contributed by atoms with Crippen LogP contribution in [0.4, 0.5) is 0 Å². The highest BCUT2D eigenvalue weighted by atomic mass is 14.5. The van der Waals surface area contributed by atoms with E-state index in [1.807, 2.05) is 13.8 Å². The van der Waals surface area contributed by atoms with Crippen molar-refractivity contribution >= 4 is 0 Å². The second-order valence-corrected chi connectivity index (χ2v) is 7.61. The van der Waals surface area contributed by atoms with Gasteiger partial charge in [-0.25, -0.2) is 0 Å². The number of rotatable bonds is 3. The zero-order valence-electron chi connectivity index (χ0n) is 15.3. The number of hydrogen-bond acceptors (Lipinski definition) is 0.